The molecule has 1 rings (SSSR count). The number of aliphatic hydroxyl groups is 1. The molecule has 0 radical (unpaired) electrons. The lowest BCUT2D eigenvalue weighted by Gasteiger charge is -2.06. The number of carbonyl (C=O) groups is 1. The van der Waals surface area contributed by atoms with Crippen molar-refractivity contribution in [3.8, 4) is 0 Å². The summed E-state index contributed by atoms with van der Waals surface area (Å²) < 4.78 is 25.2. The zero-order chi connectivity index (χ0) is 10.7. The molecule has 0 fully saturated rings. The molecule has 0 aliphatic rings. The van der Waals surface area contributed by atoms with Crippen molar-refractivity contribution in [3.63, 3.8) is 0 Å². The fourth-order valence-corrected chi connectivity index (χ4v) is 0.946. The molecule has 1 aromatic rings. The van der Waals surface area contributed by atoms with E-state index in [0.29, 0.717) is 0 Å². The van der Waals surface area contributed by atoms with Crippen LogP contribution in [-0.2, 0) is 0 Å². The van der Waals surface area contributed by atoms with Crippen molar-refractivity contribution in [2.24, 2.45) is 5.73 Å². The van der Waals surface area contributed by atoms with E-state index in [9.17, 15) is 13.6 Å². The Morgan fingerprint density at radius 2 is 2.07 bits per heavy atom. The van der Waals surface area contributed by atoms with Crippen molar-refractivity contribution >= 4 is 5.78 Å². The fourth-order valence-electron chi connectivity index (χ4n) is 0.946. The Bertz CT molecular complexity index is 355. The van der Waals surface area contributed by atoms with Gasteiger partial charge in [0.1, 0.15) is 0 Å². The molecule has 1 atom stereocenters. The number of hydrogen-bond acceptors (Lipinski definition) is 3. The van der Waals surface area contributed by atoms with E-state index in [-0.39, 0.29) is 5.56 Å². The lowest BCUT2D eigenvalue weighted by atomic mass is 10.1. The van der Waals surface area contributed by atoms with Gasteiger partial charge < -0.3 is 10.8 Å². The molecule has 76 valence electrons. The summed E-state index contributed by atoms with van der Waals surface area (Å²) in [6.45, 7) is -0.530. The normalized spacial score (nSPS) is 12.6. The third kappa shape index (κ3) is 2.12. The summed E-state index contributed by atoms with van der Waals surface area (Å²) in [4.78, 5) is 11.3. The molecular formula is C9H9F2NO2. The van der Waals surface area contributed by atoms with E-state index in [1.807, 2.05) is 0 Å². The lowest BCUT2D eigenvalue weighted by Crippen LogP contribution is -2.34. The fraction of sp³-hybridized carbons (Fsp3) is 0.222. The van der Waals surface area contributed by atoms with E-state index in [1.54, 1.807) is 0 Å². The highest BCUT2D eigenvalue weighted by Crippen LogP contribution is 2.10. The monoisotopic (exact) mass is 201 g/mol. The molecule has 1 aromatic carbocycles. The average molecular weight is 201 g/mol. The minimum absolute atomic E-state index is 0.0505. The first-order valence-corrected chi connectivity index (χ1v) is 3.92. The van der Waals surface area contributed by atoms with E-state index in [2.05, 4.69) is 0 Å². The molecule has 0 aliphatic heterocycles. The Morgan fingerprint density at radius 1 is 1.43 bits per heavy atom. The van der Waals surface area contributed by atoms with Crippen LogP contribution in [0.25, 0.3) is 0 Å². The van der Waals surface area contributed by atoms with Crippen molar-refractivity contribution in [1.82, 2.24) is 0 Å². The van der Waals surface area contributed by atoms with Crippen molar-refractivity contribution in [2.45, 2.75) is 6.04 Å². The number of benzene rings is 1. The summed E-state index contributed by atoms with van der Waals surface area (Å²) in [7, 11) is 0. The Labute approximate surface area is 79.2 Å². The van der Waals surface area contributed by atoms with Crippen molar-refractivity contribution in [2.75, 3.05) is 6.61 Å². The topological polar surface area (TPSA) is 63.3 Å². The summed E-state index contributed by atoms with van der Waals surface area (Å²) in [5, 5.41) is 8.58. The Balaban J connectivity index is 2.97. The second-order valence-electron chi connectivity index (χ2n) is 2.78. The third-order valence-corrected chi connectivity index (χ3v) is 1.74. The van der Waals surface area contributed by atoms with Crippen LogP contribution in [-0.4, -0.2) is 23.5 Å². The quantitative estimate of drug-likeness (QED) is 0.698. The van der Waals surface area contributed by atoms with Gasteiger partial charge in [-0.1, -0.05) is 0 Å². The molecule has 5 heteroatoms. The maximum atomic E-state index is 12.7. The number of Topliss-reactive ketones (excluding diaryl/α,β-unsaturated/α-hetero) is 1. The second kappa shape index (κ2) is 4.26. The number of rotatable bonds is 3. The van der Waals surface area contributed by atoms with E-state index in [4.69, 9.17) is 10.8 Å². The largest absolute Gasteiger partial charge is 0.394 e. The summed E-state index contributed by atoms with van der Waals surface area (Å²) in [6, 6.07) is 1.62. The molecule has 0 bridgehead atoms. The molecule has 14 heavy (non-hydrogen) atoms. The number of halogens is 2. The molecule has 1 unspecified atom stereocenters. The Morgan fingerprint density at radius 3 is 2.57 bits per heavy atom. The first kappa shape index (κ1) is 10.7. The van der Waals surface area contributed by atoms with E-state index in [1.165, 1.54) is 0 Å². The van der Waals surface area contributed by atoms with Gasteiger partial charge in [-0.3, -0.25) is 4.79 Å². The average Bonchev–Trinajstić information content (AvgIpc) is 2.20. The summed E-state index contributed by atoms with van der Waals surface area (Å²) in [5.41, 5.74) is 5.17. The number of aliphatic hydroxyl groups excluding tert-OH is 1. The predicted octanol–water partition coefficient (Wildman–Crippen LogP) is 0.467. The van der Waals surface area contributed by atoms with Gasteiger partial charge in [0, 0.05) is 5.56 Å². The highest BCUT2D eigenvalue weighted by molar-refractivity contribution is 6.00. The van der Waals surface area contributed by atoms with Gasteiger partial charge >= 0.3 is 0 Å². The van der Waals surface area contributed by atoms with Crippen LogP contribution in [0, 0.1) is 11.6 Å². The first-order valence-electron chi connectivity index (χ1n) is 3.92. The Hall–Kier alpha value is -1.33. The highest BCUT2D eigenvalue weighted by atomic mass is 19.2. The van der Waals surface area contributed by atoms with Crippen LogP contribution in [0.3, 0.4) is 0 Å². The summed E-state index contributed by atoms with van der Waals surface area (Å²) in [6.07, 6.45) is 0. The summed E-state index contributed by atoms with van der Waals surface area (Å²) in [5.74, 6) is -2.76. The van der Waals surface area contributed by atoms with Gasteiger partial charge in [0.05, 0.1) is 12.6 Å². The number of ketones is 1. The van der Waals surface area contributed by atoms with Gasteiger partial charge in [-0.25, -0.2) is 8.78 Å². The van der Waals surface area contributed by atoms with Gasteiger partial charge in [0.15, 0.2) is 17.4 Å². The van der Waals surface area contributed by atoms with Gasteiger partial charge in [-0.2, -0.15) is 0 Å². The van der Waals surface area contributed by atoms with Crippen molar-refractivity contribution in [3.05, 3.63) is 35.4 Å². The molecular weight excluding hydrogens is 192 g/mol. The smallest absolute Gasteiger partial charge is 0.181 e. The molecule has 3 N–H and O–H groups in total. The van der Waals surface area contributed by atoms with E-state index < -0.39 is 30.1 Å². The predicted molar refractivity (Wildman–Crippen MR) is 45.7 cm³/mol. The van der Waals surface area contributed by atoms with Crippen LogP contribution < -0.4 is 5.73 Å². The van der Waals surface area contributed by atoms with Crippen LogP contribution in [0.2, 0.25) is 0 Å². The van der Waals surface area contributed by atoms with Crippen LogP contribution >= 0.6 is 0 Å². The number of hydrogen-bond donors (Lipinski definition) is 2. The van der Waals surface area contributed by atoms with E-state index >= 15 is 0 Å². The minimum atomic E-state index is -1.11. The minimum Gasteiger partial charge on any atom is -0.394 e. The summed E-state index contributed by atoms with van der Waals surface area (Å²) >= 11 is 0. The zero-order valence-corrected chi connectivity index (χ0v) is 7.21. The molecule has 0 aromatic heterocycles. The molecule has 0 spiro atoms. The molecule has 0 heterocycles. The van der Waals surface area contributed by atoms with Crippen LogP contribution in [0.15, 0.2) is 18.2 Å². The number of nitrogens with two attached hydrogens (primary N) is 1. The van der Waals surface area contributed by atoms with Gasteiger partial charge in [-0.05, 0) is 18.2 Å². The maximum Gasteiger partial charge on any atom is 0.181 e. The van der Waals surface area contributed by atoms with Gasteiger partial charge in [-0.15, -0.1) is 0 Å². The maximum absolute atomic E-state index is 12.7. The van der Waals surface area contributed by atoms with Crippen molar-refractivity contribution < 1.29 is 18.7 Å². The first-order chi connectivity index (χ1) is 6.56. The van der Waals surface area contributed by atoms with E-state index in [0.717, 1.165) is 18.2 Å². The molecule has 3 nitrogen and oxygen atoms in total. The highest BCUT2D eigenvalue weighted by Gasteiger charge is 2.16. The molecule has 0 amide bonds. The van der Waals surface area contributed by atoms with Crippen molar-refractivity contribution in [1.29, 1.82) is 0 Å². The molecule has 0 aliphatic carbocycles. The van der Waals surface area contributed by atoms with Crippen LogP contribution in [0.1, 0.15) is 10.4 Å². The number of carbonyl (C=O) groups excluding carboxylic acids is 1. The van der Waals surface area contributed by atoms with Gasteiger partial charge in [0.25, 0.3) is 0 Å². The van der Waals surface area contributed by atoms with Gasteiger partial charge in [0.2, 0.25) is 0 Å². The van der Waals surface area contributed by atoms with Crippen LogP contribution in [0.5, 0.6) is 0 Å². The molecule has 0 saturated heterocycles. The third-order valence-electron chi connectivity index (χ3n) is 1.74. The Kier molecular flexibility index (Phi) is 3.27. The van der Waals surface area contributed by atoms with Crippen LogP contribution in [0.4, 0.5) is 8.78 Å². The zero-order valence-electron chi connectivity index (χ0n) is 7.21. The lowest BCUT2D eigenvalue weighted by molar-refractivity contribution is 0.0925. The standard InChI is InChI=1S/C9H9F2NO2/c10-6-2-1-5(3-7(6)11)9(14)8(12)4-13/h1-3,8,13H,4,12H2. The second-order valence-corrected chi connectivity index (χ2v) is 2.78. The molecule has 0 saturated carbocycles. The SMILES string of the molecule is NC(CO)C(=O)c1ccc(F)c(F)c1.